The van der Waals surface area contributed by atoms with Gasteiger partial charge in [0, 0.05) is 18.0 Å². The van der Waals surface area contributed by atoms with E-state index >= 15 is 0 Å². The van der Waals surface area contributed by atoms with Gasteiger partial charge >= 0.3 is 0 Å². The van der Waals surface area contributed by atoms with Gasteiger partial charge in [-0.2, -0.15) is 0 Å². The number of ether oxygens (including phenoxy) is 1. The maximum atomic E-state index is 12.0. The molecule has 1 fully saturated rings. The number of benzene rings is 1. The van der Waals surface area contributed by atoms with Gasteiger partial charge in [-0.15, -0.1) is 11.3 Å². The molecule has 1 aliphatic heterocycles. The molecule has 1 aromatic heterocycles. The number of carbonyl (C=O) groups is 2. The summed E-state index contributed by atoms with van der Waals surface area (Å²) in [6, 6.07) is 10.7. The third kappa shape index (κ3) is 3.52. The Bertz CT molecular complexity index is 664. The molecule has 22 heavy (non-hydrogen) atoms. The zero-order valence-electron chi connectivity index (χ0n) is 11.9. The molecule has 3 rings (SSSR count). The van der Waals surface area contributed by atoms with Crippen molar-refractivity contribution in [2.45, 2.75) is 18.9 Å². The van der Waals surface area contributed by atoms with E-state index in [1.165, 1.54) is 11.3 Å². The molecular weight excluding hydrogens is 300 g/mol. The molecule has 2 N–H and O–H groups in total. The predicted octanol–water partition coefficient (Wildman–Crippen LogP) is 3.12. The minimum absolute atomic E-state index is 0.140. The summed E-state index contributed by atoms with van der Waals surface area (Å²) >= 11 is 1.38. The second kappa shape index (κ2) is 6.72. The van der Waals surface area contributed by atoms with E-state index in [4.69, 9.17) is 4.74 Å². The first kappa shape index (κ1) is 14.7. The van der Waals surface area contributed by atoms with E-state index in [0.717, 1.165) is 12.8 Å². The number of thiophene rings is 1. The smallest absolute Gasteiger partial charge is 0.265 e. The summed E-state index contributed by atoms with van der Waals surface area (Å²) < 4.78 is 5.35. The molecule has 1 aliphatic rings. The first-order valence-corrected chi connectivity index (χ1v) is 7.98. The third-order valence-electron chi connectivity index (χ3n) is 3.36. The van der Waals surface area contributed by atoms with Crippen molar-refractivity contribution >= 4 is 34.5 Å². The number of anilines is 2. The lowest BCUT2D eigenvalue weighted by molar-refractivity contribution is -0.124. The Labute approximate surface area is 132 Å². The van der Waals surface area contributed by atoms with Crippen molar-refractivity contribution < 1.29 is 14.3 Å². The molecule has 114 valence electrons. The van der Waals surface area contributed by atoms with Crippen molar-refractivity contribution in [3.8, 4) is 0 Å². The molecule has 0 spiro atoms. The highest BCUT2D eigenvalue weighted by Crippen LogP contribution is 2.19. The lowest BCUT2D eigenvalue weighted by Gasteiger charge is -2.11. The van der Waals surface area contributed by atoms with E-state index in [2.05, 4.69) is 10.6 Å². The highest BCUT2D eigenvalue weighted by Gasteiger charge is 2.23. The standard InChI is InChI=1S/C16H16N2O3S/c19-15(13-6-2-8-21-13)17-11-4-1-5-12(10-11)18-16(20)14-7-3-9-22-14/h1,3-5,7,9-10,13H,2,6,8H2,(H,17,19)(H,18,20)/t13-/m1/s1. The van der Waals surface area contributed by atoms with Crippen LogP contribution in [0.2, 0.25) is 0 Å². The fourth-order valence-corrected chi connectivity index (χ4v) is 2.90. The summed E-state index contributed by atoms with van der Waals surface area (Å²) in [5, 5.41) is 7.49. The minimum Gasteiger partial charge on any atom is -0.368 e. The van der Waals surface area contributed by atoms with Gasteiger partial charge in [0.05, 0.1) is 4.88 Å². The largest absolute Gasteiger partial charge is 0.368 e. The summed E-state index contributed by atoms with van der Waals surface area (Å²) in [5.41, 5.74) is 1.29. The number of amides is 2. The van der Waals surface area contributed by atoms with Crippen molar-refractivity contribution in [1.29, 1.82) is 0 Å². The Kier molecular flexibility index (Phi) is 4.50. The van der Waals surface area contributed by atoms with E-state index in [1.54, 1.807) is 30.3 Å². The maximum Gasteiger partial charge on any atom is 0.265 e. The number of hydrogen-bond acceptors (Lipinski definition) is 4. The number of carbonyl (C=O) groups excluding carboxylic acids is 2. The van der Waals surface area contributed by atoms with Crippen LogP contribution in [-0.2, 0) is 9.53 Å². The summed E-state index contributed by atoms with van der Waals surface area (Å²) in [4.78, 5) is 24.7. The molecule has 2 amide bonds. The zero-order chi connectivity index (χ0) is 15.4. The molecule has 2 aromatic rings. The van der Waals surface area contributed by atoms with E-state index < -0.39 is 0 Å². The van der Waals surface area contributed by atoms with Gasteiger partial charge in [0.2, 0.25) is 0 Å². The zero-order valence-corrected chi connectivity index (χ0v) is 12.7. The summed E-state index contributed by atoms with van der Waals surface area (Å²) in [6.45, 7) is 0.634. The summed E-state index contributed by atoms with van der Waals surface area (Å²) in [6.07, 6.45) is 1.29. The lowest BCUT2D eigenvalue weighted by Crippen LogP contribution is -2.26. The van der Waals surface area contributed by atoms with Crippen molar-refractivity contribution in [3.05, 3.63) is 46.7 Å². The Hall–Kier alpha value is -2.18. The number of hydrogen-bond donors (Lipinski definition) is 2. The Morgan fingerprint density at radius 1 is 1.14 bits per heavy atom. The van der Waals surface area contributed by atoms with Gasteiger partial charge in [-0.05, 0) is 42.5 Å². The van der Waals surface area contributed by atoms with Crippen molar-refractivity contribution in [3.63, 3.8) is 0 Å². The van der Waals surface area contributed by atoms with E-state index in [-0.39, 0.29) is 17.9 Å². The average Bonchev–Trinajstić information content (AvgIpc) is 3.21. The Morgan fingerprint density at radius 3 is 2.64 bits per heavy atom. The molecule has 5 nitrogen and oxygen atoms in total. The van der Waals surface area contributed by atoms with Crippen LogP contribution < -0.4 is 10.6 Å². The van der Waals surface area contributed by atoms with Gasteiger partial charge < -0.3 is 15.4 Å². The molecule has 1 saturated heterocycles. The molecule has 0 unspecified atom stereocenters. The van der Waals surface area contributed by atoms with Crippen LogP contribution in [0.3, 0.4) is 0 Å². The molecule has 0 bridgehead atoms. The number of nitrogens with one attached hydrogen (secondary N) is 2. The second-order valence-corrected chi connectivity index (χ2v) is 5.95. The topological polar surface area (TPSA) is 67.4 Å². The van der Waals surface area contributed by atoms with Gasteiger partial charge in [-0.3, -0.25) is 9.59 Å². The lowest BCUT2D eigenvalue weighted by atomic mass is 10.2. The molecule has 6 heteroatoms. The second-order valence-electron chi connectivity index (χ2n) is 5.00. The van der Waals surface area contributed by atoms with Crippen LogP contribution in [0.15, 0.2) is 41.8 Å². The quantitative estimate of drug-likeness (QED) is 0.910. The van der Waals surface area contributed by atoms with E-state index in [1.807, 2.05) is 11.4 Å². The fraction of sp³-hybridized carbons (Fsp3) is 0.250. The third-order valence-corrected chi connectivity index (χ3v) is 4.22. The van der Waals surface area contributed by atoms with Crippen molar-refractivity contribution in [2.24, 2.45) is 0 Å². The van der Waals surface area contributed by atoms with Crippen LogP contribution in [0.4, 0.5) is 11.4 Å². The Balaban J connectivity index is 1.64. The molecule has 0 saturated carbocycles. The average molecular weight is 316 g/mol. The van der Waals surface area contributed by atoms with Gasteiger partial charge in [0.25, 0.3) is 11.8 Å². The molecule has 1 aromatic carbocycles. The first-order valence-electron chi connectivity index (χ1n) is 7.10. The van der Waals surface area contributed by atoms with Crippen molar-refractivity contribution in [1.82, 2.24) is 0 Å². The molecule has 1 atom stereocenters. The van der Waals surface area contributed by atoms with Gasteiger partial charge in [-0.1, -0.05) is 12.1 Å². The predicted molar refractivity (Wildman–Crippen MR) is 86.3 cm³/mol. The molecule has 2 heterocycles. The summed E-state index contributed by atoms with van der Waals surface area (Å²) in [5.74, 6) is -0.295. The van der Waals surface area contributed by atoms with Crippen LogP contribution in [0, 0.1) is 0 Å². The highest BCUT2D eigenvalue weighted by molar-refractivity contribution is 7.12. The van der Waals surface area contributed by atoms with Gasteiger partial charge in [0.15, 0.2) is 0 Å². The monoisotopic (exact) mass is 316 g/mol. The SMILES string of the molecule is O=C(Nc1cccc(NC(=O)[C@H]2CCCO2)c1)c1cccs1. The van der Waals surface area contributed by atoms with Crippen LogP contribution in [-0.4, -0.2) is 24.5 Å². The van der Waals surface area contributed by atoms with Crippen LogP contribution in [0.25, 0.3) is 0 Å². The number of rotatable bonds is 4. The maximum absolute atomic E-state index is 12.0. The molecule has 0 aliphatic carbocycles. The fourth-order valence-electron chi connectivity index (χ4n) is 2.28. The van der Waals surface area contributed by atoms with Crippen molar-refractivity contribution in [2.75, 3.05) is 17.2 Å². The van der Waals surface area contributed by atoms with Gasteiger partial charge in [0.1, 0.15) is 6.10 Å². The highest BCUT2D eigenvalue weighted by atomic mass is 32.1. The molecule has 0 radical (unpaired) electrons. The summed E-state index contributed by atoms with van der Waals surface area (Å²) in [7, 11) is 0. The van der Waals surface area contributed by atoms with Crippen LogP contribution >= 0.6 is 11.3 Å². The van der Waals surface area contributed by atoms with E-state index in [9.17, 15) is 9.59 Å². The molecular formula is C16H16N2O3S. The van der Waals surface area contributed by atoms with Crippen LogP contribution in [0.1, 0.15) is 22.5 Å². The van der Waals surface area contributed by atoms with Gasteiger partial charge in [-0.25, -0.2) is 0 Å². The van der Waals surface area contributed by atoms with E-state index in [0.29, 0.717) is 22.9 Å². The minimum atomic E-state index is -0.371. The van der Waals surface area contributed by atoms with Crippen LogP contribution in [0.5, 0.6) is 0 Å². The first-order chi connectivity index (χ1) is 10.7. The normalized spacial score (nSPS) is 17.2. The Morgan fingerprint density at radius 2 is 1.95 bits per heavy atom.